The topological polar surface area (TPSA) is 134 Å². The Morgan fingerprint density at radius 2 is 0.585 bits per heavy atom. The molecule has 10 heteroatoms. The molecule has 0 aromatic rings. The van der Waals surface area contributed by atoms with Crippen LogP contribution in [0.2, 0.25) is 0 Å². The molecule has 0 aliphatic heterocycles. The molecule has 0 aliphatic rings. The number of unbranched alkanes of at least 4 members (excludes halogenated alkanes) is 56. The minimum Gasteiger partial charge on any atom is -0.462 e. The Labute approximate surface area is 584 Å². The minimum absolute atomic E-state index is 0.0549. The standard InChI is InChI=1S/C84H158NO8P/c1-3-5-7-9-11-13-15-17-19-21-23-25-27-29-31-33-35-37-38-39-40-41-42-43-45-46-48-50-52-54-56-58-60-62-64-66-68-70-72-74-76-83(86)90-80-82(81-92-94(88,89)91-79-78-85)93-84(87)77-75-73-71-69-67-65-63-61-59-57-55-53-51-49-47-44-36-34-32-30-28-26-24-22-20-18-16-14-12-10-8-6-4-2/h6,8,12,14,18,20,24,26,30,32,82H,3-5,7,9-11,13,15-17,19,21-23,25,27-29,31,33-81,85H2,1-2H3,(H,88,89)/b8-6-,14-12-,20-18-,26-24-,32-30-. The Kier molecular flexibility index (Phi) is 77.8. The number of phosphoric acid groups is 1. The number of carbonyl (C=O) groups is 2. The van der Waals surface area contributed by atoms with Crippen LogP contribution in [0.25, 0.3) is 0 Å². The van der Waals surface area contributed by atoms with Gasteiger partial charge in [0.25, 0.3) is 0 Å². The third-order valence-electron chi connectivity index (χ3n) is 18.7. The Bertz CT molecular complexity index is 1730. The number of rotatable bonds is 79. The van der Waals surface area contributed by atoms with Crippen LogP contribution in [-0.4, -0.2) is 49.3 Å². The van der Waals surface area contributed by atoms with Crippen molar-refractivity contribution in [2.75, 3.05) is 26.4 Å². The molecule has 0 heterocycles. The van der Waals surface area contributed by atoms with E-state index in [0.29, 0.717) is 6.42 Å². The van der Waals surface area contributed by atoms with Gasteiger partial charge in [0.2, 0.25) is 0 Å². The Balaban J connectivity index is 3.73. The molecule has 0 bridgehead atoms. The number of nitrogens with two attached hydrogens (primary N) is 1. The summed E-state index contributed by atoms with van der Waals surface area (Å²) in [6, 6.07) is 0. The first-order chi connectivity index (χ1) is 46.3. The van der Waals surface area contributed by atoms with Gasteiger partial charge in [-0.1, -0.05) is 421 Å². The quantitative estimate of drug-likeness (QED) is 0.0264. The molecule has 0 radical (unpaired) electrons. The molecule has 0 aromatic carbocycles. The van der Waals surface area contributed by atoms with Crippen LogP contribution in [-0.2, 0) is 32.7 Å². The Hall–Kier alpha value is -2.29. The number of carbonyl (C=O) groups excluding carboxylic acids is 2. The fraction of sp³-hybridized carbons (Fsp3) is 0.857. The van der Waals surface area contributed by atoms with Crippen LogP contribution in [0.3, 0.4) is 0 Å². The van der Waals surface area contributed by atoms with E-state index in [4.69, 9.17) is 24.3 Å². The van der Waals surface area contributed by atoms with E-state index in [1.165, 1.54) is 327 Å². The molecule has 9 nitrogen and oxygen atoms in total. The third-order valence-corrected chi connectivity index (χ3v) is 19.7. The van der Waals surface area contributed by atoms with Crippen LogP contribution in [0, 0.1) is 0 Å². The molecule has 2 unspecified atom stereocenters. The SMILES string of the molecule is CC/C=C\C/C=C\C/C=C\C/C=C\C/C=C\CCCCCCCCCCCCCCCCCCCC(=O)OC(COC(=O)CCCCCCCCCCCCCCCCCCCCCCCCCCCCCCCCCCCCCCCCCC)COP(=O)(O)OCCN. The Morgan fingerprint density at radius 3 is 0.872 bits per heavy atom. The molecule has 3 N–H and O–H groups in total. The highest BCUT2D eigenvalue weighted by Crippen LogP contribution is 2.43. The number of ether oxygens (including phenoxy) is 2. The van der Waals surface area contributed by atoms with E-state index in [1.807, 2.05) is 0 Å². The second-order valence-electron chi connectivity index (χ2n) is 28.0. The highest BCUT2D eigenvalue weighted by molar-refractivity contribution is 7.47. The van der Waals surface area contributed by atoms with Crippen molar-refractivity contribution in [3.8, 4) is 0 Å². The van der Waals surface area contributed by atoms with Gasteiger partial charge in [-0.2, -0.15) is 0 Å². The van der Waals surface area contributed by atoms with Crippen molar-refractivity contribution in [3.63, 3.8) is 0 Å². The number of esters is 2. The second-order valence-corrected chi connectivity index (χ2v) is 29.4. The zero-order valence-corrected chi connectivity index (χ0v) is 63.4. The van der Waals surface area contributed by atoms with Gasteiger partial charge in [-0.25, -0.2) is 4.57 Å². The summed E-state index contributed by atoms with van der Waals surface area (Å²) in [5.74, 6) is -0.805. The number of hydrogen-bond donors (Lipinski definition) is 2. The smallest absolute Gasteiger partial charge is 0.462 e. The van der Waals surface area contributed by atoms with Gasteiger partial charge < -0.3 is 20.1 Å². The maximum atomic E-state index is 12.8. The molecule has 94 heavy (non-hydrogen) atoms. The van der Waals surface area contributed by atoms with Crippen LogP contribution in [0.15, 0.2) is 60.8 Å². The Morgan fingerprint density at radius 1 is 0.330 bits per heavy atom. The molecule has 0 fully saturated rings. The molecule has 2 atom stereocenters. The minimum atomic E-state index is -4.40. The summed E-state index contributed by atoms with van der Waals surface area (Å²) in [7, 11) is -4.40. The molecular formula is C84H158NO8P. The molecule has 0 aliphatic carbocycles. The van der Waals surface area contributed by atoms with Gasteiger partial charge in [0, 0.05) is 19.4 Å². The van der Waals surface area contributed by atoms with Crippen molar-refractivity contribution in [1.29, 1.82) is 0 Å². The summed E-state index contributed by atoms with van der Waals surface area (Å²) in [4.78, 5) is 35.5. The third kappa shape index (κ3) is 78.7. The van der Waals surface area contributed by atoms with Crippen LogP contribution < -0.4 is 5.73 Å². The molecule has 0 amide bonds. The molecule has 0 aromatic heterocycles. The van der Waals surface area contributed by atoms with Crippen LogP contribution in [0.4, 0.5) is 0 Å². The molecular weight excluding hydrogens is 1180 g/mol. The lowest BCUT2D eigenvalue weighted by atomic mass is 10.0. The lowest BCUT2D eigenvalue weighted by Gasteiger charge is -2.19. The van der Waals surface area contributed by atoms with Gasteiger partial charge in [-0.3, -0.25) is 18.6 Å². The lowest BCUT2D eigenvalue weighted by molar-refractivity contribution is -0.161. The summed E-state index contributed by atoms with van der Waals surface area (Å²) >= 11 is 0. The molecule has 0 saturated carbocycles. The zero-order chi connectivity index (χ0) is 67.9. The van der Waals surface area contributed by atoms with E-state index >= 15 is 0 Å². The second kappa shape index (κ2) is 79.7. The lowest BCUT2D eigenvalue weighted by Crippen LogP contribution is -2.29. The van der Waals surface area contributed by atoms with Gasteiger partial charge >= 0.3 is 19.8 Å². The maximum absolute atomic E-state index is 12.8. The normalized spacial score (nSPS) is 13.1. The maximum Gasteiger partial charge on any atom is 0.472 e. The molecule has 552 valence electrons. The van der Waals surface area contributed by atoms with E-state index in [9.17, 15) is 19.0 Å². The first kappa shape index (κ1) is 91.7. The average molecular weight is 1340 g/mol. The van der Waals surface area contributed by atoms with Crippen LogP contribution in [0.5, 0.6) is 0 Å². The van der Waals surface area contributed by atoms with Gasteiger partial charge in [0.15, 0.2) is 6.10 Å². The largest absolute Gasteiger partial charge is 0.472 e. The van der Waals surface area contributed by atoms with E-state index < -0.39 is 26.5 Å². The van der Waals surface area contributed by atoms with Crippen molar-refractivity contribution in [2.45, 2.75) is 437 Å². The molecule has 0 rings (SSSR count). The molecule has 0 spiro atoms. The van der Waals surface area contributed by atoms with Gasteiger partial charge in [-0.15, -0.1) is 0 Å². The zero-order valence-electron chi connectivity index (χ0n) is 62.5. The first-order valence-electron chi connectivity index (χ1n) is 41.3. The van der Waals surface area contributed by atoms with Crippen LogP contribution in [0.1, 0.15) is 431 Å². The summed E-state index contributed by atoms with van der Waals surface area (Å²) in [5.41, 5.74) is 5.42. The van der Waals surface area contributed by atoms with Crippen LogP contribution >= 0.6 is 7.82 Å². The summed E-state index contributed by atoms with van der Waals surface area (Å²) in [6.07, 6.45) is 105. The predicted octanol–water partition coefficient (Wildman–Crippen LogP) is 27.7. The van der Waals surface area contributed by atoms with E-state index in [1.54, 1.807) is 0 Å². The van der Waals surface area contributed by atoms with Crippen molar-refractivity contribution in [1.82, 2.24) is 0 Å². The van der Waals surface area contributed by atoms with E-state index in [0.717, 1.165) is 70.6 Å². The van der Waals surface area contributed by atoms with Crippen molar-refractivity contribution < 1.29 is 37.6 Å². The highest BCUT2D eigenvalue weighted by atomic mass is 31.2. The highest BCUT2D eigenvalue weighted by Gasteiger charge is 2.26. The predicted molar refractivity (Wildman–Crippen MR) is 409 cm³/mol. The monoisotopic (exact) mass is 1340 g/mol. The summed E-state index contributed by atoms with van der Waals surface area (Å²) < 4.78 is 33.3. The first-order valence-corrected chi connectivity index (χ1v) is 42.8. The summed E-state index contributed by atoms with van der Waals surface area (Å²) in [5, 5.41) is 0. The van der Waals surface area contributed by atoms with Crippen molar-refractivity contribution >= 4 is 19.8 Å². The van der Waals surface area contributed by atoms with Crippen molar-refractivity contribution in [3.05, 3.63) is 60.8 Å². The van der Waals surface area contributed by atoms with Gasteiger partial charge in [0.05, 0.1) is 13.2 Å². The number of allylic oxidation sites excluding steroid dienone is 10. The summed E-state index contributed by atoms with van der Waals surface area (Å²) in [6.45, 7) is 3.71. The number of phosphoric ester groups is 1. The van der Waals surface area contributed by atoms with Gasteiger partial charge in [0.1, 0.15) is 6.61 Å². The fourth-order valence-corrected chi connectivity index (χ4v) is 13.4. The van der Waals surface area contributed by atoms with Gasteiger partial charge in [-0.05, 0) is 57.8 Å². The fourth-order valence-electron chi connectivity index (χ4n) is 12.6. The average Bonchev–Trinajstić information content (AvgIpc) is 3.51. The van der Waals surface area contributed by atoms with E-state index in [2.05, 4.69) is 74.6 Å². The molecule has 0 saturated heterocycles. The van der Waals surface area contributed by atoms with E-state index in [-0.39, 0.29) is 38.6 Å². The number of hydrogen-bond acceptors (Lipinski definition) is 8. The van der Waals surface area contributed by atoms with Crippen molar-refractivity contribution in [2.24, 2.45) is 5.73 Å².